The predicted octanol–water partition coefficient (Wildman–Crippen LogP) is 0.668. The molecule has 1 fully saturated rings. The number of epoxide rings is 1. The minimum atomic E-state index is -1.75. The monoisotopic (exact) mass is 250 g/mol. The smallest absolute Gasteiger partial charge is 0.282 e. The molecule has 0 spiro atoms. The molecule has 2 atom stereocenters. The predicted molar refractivity (Wildman–Crippen MR) is 61.7 cm³/mol. The number of hydrogen-bond donors (Lipinski definition) is 0. The van der Waals surface area contributed by atoms with E-state index in [-0.39, 0.29) is 6.10 Å². The van der Waals surface area contributed by atoms with Gasteiger partial charge in [-0.25, -0.2) is 0 Å². The summed E-state index contributed by atoms with van der Waals surface area (Å²) in [6.45, 7) is 3.53. The molecule has 1 saturated heterocycles. The highest BCUT2D eigenvalue weighted by Crippen LogP contribution is 2.23. The van der Waals surface area contributed by atoms with Crippen molar-refractivity contribution in [3.8, 4) is 0 Å². The van der Waals surface area contributed by atoms with Crippen molar-refractivity contribution >= 4 is 9.04 Å². The Hall–Kier alpha value is 0.0169. The van der Waals surface area contributed by atoms with Crippen molar-refractivity contribution in [1.82, 2.24) is 0 Å². The lowest BCUT2D eigenvalue weighted by Crippen LogP contribution is -2.53. The van der Waals surface area contributed by atoms with E-state index < -0.39 is 14.6 Å². The van der Waals surface area contributed by atoms with E-state index in [9.17, 15) is 0 Å². The Kier molecular flexibility index (Phi) is 5.88. The summed E-state index contributed by atoms with van der Waals surface area (Å²) in [6, 6.07) is 0.947. The standard InChI is InChI=1S/C10H22O5Si/c1-5-6-16(15-8-9-7-14-9)10(11-2,12-3)13-4/h9,16H,5-8H2,1-4H3. The molecule has 0 N–H and O–H groups in total. The summed E-state index contributed by atoms with van der Waals surface area (Å²) in [4.78, 5) is 0. The Balaban J connectivity index is 2.54. The van der Waals surface area contributed by atoms with Crippen LogP contribution in [0.2, 0.25) is 6.04 Å². The lowest BCUT2D eigenvalue weighted by Gasteiger charge is -2.34. The van der Waals surface area contributed by atoms with Gasteiger partial charge in [0.2, 0.25) is 0 Å². The molecule has 5 nitrogen and oxygen atoms in total. The first kappa shape index (κ1) is 14.1. The molecule has 6 heteroatoms. The Morgan fingerprint density at radius 1 is 1.25 bits per heavy atom. The quantitative estimate of drug-likeness (QED) is 0.342. The summed E-state index contributed by atoms with van der Waals surface area (Å²) in [5.74, 6) is 0. The zero-order chi connectivity index (χ0) is 12.0. The molecule has 1 heterocycles. The molecule has 0 aromatic carbocycles. The summed E-state index contributed by atoms with van der Waals surface area (Å²) in [5.41, 5.74) is -0.981. The lowest BCUT2D eigenvalue weighted by molar-refractivity contribution is -0.304. The van der Waals surface area contributed by atoms with E-state index in [1.807, 2.05) is 0 Å². The van der Waals surface area contributed by atoms with Crippen LogP contribution in [0.25, 0.3) is 0 Å². The third-order valence-electron chi connectivity index (χ3n) is 2.68. The van der Waals surface area contributed by atoms with Crippen LogP contribution in [0.1, 0.15) is 13.3 Å². The van der Waals surface area contributed by atoms with Crippen molar-refractivity contribution in [3.63, 3.8) is 0 Å². The maximum Gasteiger partial charge on any atom is 0.282 e. The average molecular weight is 250 g/mol. The van der Waals surface area contributed by atoms with Crippen LogP contribution in [0.15, 0.2) is 0 Å². The maximum absolute atomic E-state index is 5.88. The first-order chi connectivity index (χ1) is 7.72. The molecule has 16 heavy (non-hydrogen) atoms. The van der Waals surface area contributed by atoms with Gasteiger partial charge in [0, 0.05) is 21.3 Å². The topological polar surface area (TPSA) is 49.5 Å². The van der Waals surface area contributed by atoms with Gasteiger partial charge in [0.1, 0.15) is 6.10 Å². The number of methoxy groups -OCH3 is 3. The van der Waals surface area contributed by atoms with Crippen molar-refractivity contribution < 1.29 is 23.4 Å². The SMILES string of the molecule is CCC[SiH](OCC1CO1)C(OC)(OC)OC. The molecule has 0 aromatic heterocycles. The van der Waals surface area contributed by atoms with Gasteiger partial charge in [-0.1, -0.05) is 13.3 Å². The molecular weight excluding hydrogens is 228 g/mol. The van der Waals surface area contributed by atoms with Crippen LogP contribution >= 0.6 is 0 Å². The van der Waals surface area contributed by atoms with Crippen molar-refractivity contribution in [2.45, 2.75) is 31.1 Å². The largest absolute Gasteiger partial charge is 0.408 e. The normalized spacial score (nSPS) is 22.1. The minimum Gasteiger partial charge on any atom is -0.408 e. The zero-order valence-electron chi connectivity index (χ0n) is 10.5. The van der Waals surface area contributed by atoms with Crippen LogP contribution < -0.4 is 0 Å². The van der Waals surface area contributed by atoms with Crippen LogP contribution in [-0.4, -0.2) is 55.3 Å². The van der Waals surface area contributed by atoms with Gasteiger partial charge in [-0.05, 0) is 6.04 Å². The highest BCUT2D eigenvalue weighted by atomic mass is 28.3. The second-order valence-electron chi connectivity index (χ2n) is 3.78. The fourth-order valence-electron chi connectivity index (χ4n) is 1.66. The first-order valence-corrected chi connectivity index (χ1v) is 7.47. The molecule has 1 rings (SSSR count). The second-order valence-corrected chi connectivity index (χ2v) is 6.38. The van der Waals surface area contributed by atoms with E-state index in [2.05, 4.69) is 6.92 Å². The van der Waals surface area contributed by atoms with Crippen LogP contribution in [0, 0.1) is 0 Å². The van der Waals surface area contributed by atoms with Gasteiger partial charge in [0.15, 0.2) is 0 Å². The molecule has 96 valence electrons. The number of hydrogen-bond acceptors (Lipinski definition) is 5. The van der Waals surface area contributed by atoms with Crippen LogP contribution in [0.3, 0.4) is 0 Å². The lowest BCUT2D eigenvalue weighted by atomic mass is 10.5. The molecule has 2 unspecified atom stereocenters. The number of ether oxygens (including phenoxy) is 4. The second kappa shape index (κ2) is 6.68. The molecule has 1 aliphatic heterocycles. The molecule has 0 aromatic rings. The Morgan fingerprint density at radius 2 is 1.81 bits per heavy atom. The van der Waals surface area contributed by atoms with Gasteiger partial charge in [0.05, 0.1) is 13.2 Å². The summed E-state index contributed by atoms with van der Waals surface area (Å²) < 4.78 is 27.1. The Labute approximate surface area is 98.7 Å². The van der Waals surface area contributed by atoms with E-state index in [4.69, 9.17) is 23.4 Å². The van der Waals surface area contributed by atoms with Crippen LogP contribution in [0.4, 0.5) is 0 Å². The van der Waals surface area contributed by atoms with Crippen molar-refractivity contribution in [1.29, 1.82) is 0 Å². The summed E-state index contributed by atoms with van der Waals surface area (Å²) in [7, 11) is 3.00. The van der Waals surface area contributed by atoms with E-state index in [0.717, 1.165) is 19.1 Å². The van der Waals surface area contributed by atoms with Gasteiger partial charge in [0.25, 0.3) is 14.6 Å². The molecule has 0 amide bonds. The van der Waals surface area contributed by atoms with E-state index in [0.29, 0.717) is 6.61 Å². The molecular formula is C10H22O5Si. The molecule has 0 radical (unpaired) electrons. The van der Waals surface area contributed by atoms with Gasteiger partial charge < -0.3 is 23.4 Å². The van der Waals surface area contributed by atoms with Crippen LogP contribution in [0.5, 0.6) is 0 Å². The van der Waals surface area contributed by atoms with Gasteiger partial charge >= 0.3 is 0 Å². The summed E-state index contributed by atoms with van der Waals surface area (Å²) in [6.07, 6.45) is 1.29. The first-order valence-electron chi connectivity index (χ1n) is 5.61. The van der Waals surface area contributed by atoms with Crippen molar-refractivity contribution in [3.05, 3.63) is 0 Å². The molecule has 1 aliphatic rings. The minimum absolute atomic E-state index is 0.259. The molecule has 0 saturated carbocycles. The third-order valence-corrected chi connectivity index (χ3v) is 5.88. The van der Waals surface area contributed by atoms with Crippen LogP contribution in [-0.2, 0) is 23.4 Å². The van der Waals surface area contributed by atoms with Gasteiger partial charge in [-0.3, -0.25) is 0 Å². The summed E-state index contributed by atoms with van der Waals surface area (Å²) >= 11 is 0. The van der Waals surface area contributed by atoms with Gasteiger partial charge in [-0.15, -0.1) is 0 Å². The Bertz CT molecular complexity index is 185. The van der Waals surface area contributed by atoms with Crippen molar-refractivity contribution in [2.75, 3.05) is 34.5 Å². The van der Waals surface area contributed by atoms with E-state index in [1.54, 1.807) is 21.3 Å². The van der Waals surface area contributed by atoms with E-state index >= 15 is 0 Å². The third kappa shape index (κ3) is 3.51. The highest BCUT2D eigenvalue weighted by molar-refractivity contribution is 6.54. The summed E-state index contributed by atoms with van der Waals surface area (Å²) in [5, 5.41) is 0. The van der Waals surface area contributed by atoms with Crippen molar-refractivity contribution in [2.24, 2.45) is 0 Å². The fourth-order valence-corrected chi connectivity index (χ4v) is 4.14. The highest BCUT2D eigenvalue weighted by Gasteiger charge is 2.43. The fraction of sp³-hybridized carbons (Fsp3) is 1.00. The maximum atomic E-state index is 5.88. The molecule has 0 bridgehead atoms. The Morgan fingerprint density at radius 3 is 2.19 bits per heavy atom. The van der Waals surface area contributed by atoms with E-state index in [1.165, 1.54) is 0 Å². The average Bonchev–Trinajstić information content (AvgIpc) is 3.12. The number of rotatable bonds is 9. The van der Waals surface area contributed by atoms with Gasteiger partial charge in [-0.2, -0.15) is 0 Å². The molecule has 0 aliphatic carbocycles. The zero-order valence-corrected chi connectivity index (χ0v) is 11.7.